The molecule has 0 radical (unpaired) electrons. The molecule has 142 valence electrons. The van der Waals surface area contributed by atoms with Gasteiger partial charge in [-0.1, -0.05) is 6.07 Å². The molecule has 0 aromatic heterocycles. The first kappa shape index (κ1) is 18.6. The monoisotopic (exact) mass is 364 g/mol. The fourth-order valence-electron chi connectivity index (χ4n) is 3.27. The van der Waals surface area contributed by atoms with Gasteiger partial charge in [0.25, 0.3) is 5.91 Å². The molecule has 1 amide bonds. The predicted octanol–water partition coefficient (Wildman–Crippen LogP) is 2.04. The molecule has 1 unspecified atom stereocenters. The minimum absolute atomic E-state index is 0.0292. The Balaban J connectivity index is 1.43. The lowest BCUT2D eigenvalue weighted by Crippen LogP contribution is -2.56. The van der Waals surface area contributed by atoms with Crippen molar-refractivity contribution in [3.05, 3.63) is 30.1 Å². The highest BCUT2D eigenvalue weighted by Gasteiger charge is 2.38. The number of hydrogen-bond acceptors (Lipinski definition) is 4. The van der Waals surface area contributed by atoms with Crippen LogP contribution < -0.4 is 10.1 Å². The van der Waals surface area contributed by atoms with E-state index in [9.17, 15) is 14.0 Å². The molecule has 1 aromatic rings. The Bertz CT molecular complexity index is 659. The molecule has 1 aromatic carbocycles. The fraction of sp³-hybridized carbons (Fsp3) is 0.579. The fourth-order valence-corrected chi connectivity index (χ4v) is 3.27. The van der Waals surface area contributed by atoms with Gasteiger partial charge in [0.2, 0.25) is 0 Å². The van der Waals surface area contributed by atoms with Crippen LogP contribution in [0.4, 0.5) is 4.39 Å². The second-order valence-corrected chi connectivity index (χ2v) is 7.31. The largest absolute Gasteiger partial charge is 0.481 e. The highest BCUT2D eigenvalue weighted by Crippen LogP contribution is 2.33. The third kappa shape index (κ3) is 5.17. The summed E-state index contributed by atoms with van der Waals surface area (Å²) < 4.78 is 18.6. The number of ether oxygens (including phenoxy) is 1. The van der Waals surface area contributed by atoms with E-state index in [2.05, 4.69) is 5.32 Å². The zero-order valence-electron chi connectivity index (χ0n) is 14.9. The average molecular weight is 364 g/mol. The number of nitrogens with one attached hydrogen (secondary N) is 1. The van der Waals surface area contributed by atoms with Crippen molar-refractivity contribution >= 4 is 11.9 Å². The molecule has 1 atom stereocenters. The third-order valence-corrected chi connectivity index (χ3v) is 4.98. The zero-order valence-corrected chi connectivity index (χ0v) is 14.9. The second-order valence-electron chi connectivity index (χ2n) is 7.31. The zero-order chi connectivity index (χ0) is 18.7. The minimum Gasteiger partial charge on any atom is -0.481 e. The number of aliphatic carboxylic acids is 1. The van der Waals surface area contributed by atoms with Crippen molar-refractivity contribution in [2.45, 2.75) is 50.8 Å². The van der Waals surface area contributed by atoms with E-state index in [-0.39, 0.29) is 24.5 Å². The van der Waals surface area contributed by atoms with Crippen LogP contribution in [-0.2, 0) is 9.59 Å². The van der Waals surface area contributed by atoms with Crippen LogP contribution in [0.15, 0.2) is 24.3 Å². The van der Waals surface area contributed by atoms with Crippen LogP contribution in [0.2, 0.25) is 0 Å². The van der Waals surface area contributed by atoms with Gasteiger partial charge in [-0.15, -0.1) is 0 Å². The van der Waals surface area contributed by atoms with Gasteiger partial charge in [0.15, 0.2) is 6.10 Å². The van der Waals surface area contributed by atoms with Crippen LogP contribution in [-0.4, -0.2) is 53.2 Å². The summed E-state index contributed by atoms with van der Waals surface area (Å²) >= 11 is 0. The van der Waals surface area contributed by atoms with Crippen LogP contribution in [0.3, 0.4) is 0 Å². The quantitative estimate of drug-likeness (QED) is 0.701. The Morgan fingerprint density at radius 2 is 2.12 bits per heavy atom. The van der Waals surface area contributed by atoms with Crippen LogP contribution in [0.25, 0.3) is 0 Å². The maximum atomic E-state index is 13.2. The van der Waals surface area contributed by atoms with Crippen molar-refractivity contribution in [1.29, 1.82) is 0 Å². The summed E-state index contributed by atoms with van der Waals surface area (Å²) in [5, 5.41) is 12.0. The highest BCUT2D eigenvalue weighted by molar-refractivity contribution is 5.81. The summed E-state index contributed by atoms with van der Waals surface area (Å²) in [6.45, 7) is 2.51. The second kappa shape index (κ2) is 8.03. The average Bonchev–Trinajstić information content (AvgIpc) is 3.33. The van der Waals surface area contributed by atoms with Gasteiger partial charge in [0.05, 0.1) is 6.54 Å². The highest BCUT2D eigenvalue weighted by atomic mass is 19.1. The smallest absolute Gasteiger partial charge is 0.317 e. The van der Waals surface area contributed by atoms with E-state index >= 15 is 0 Å². The van der Waals surface area contributed by atoms with Crippen molar-refractivity contribution in [2.24, 2.45) is 5.92 Å². The molecule has 3 rings (SSSR count). The summed E-state index contributed by atoms with van der Waals surface area (Å²) in [5.41, 5.74) is 0. The number of carboxylic acid groups (broad SMARTS) is 1. The van der Waals surface area contributed by atoms with Crippen molar-refractivity contribution in [2.75, 3.05) is 13.1 Å². The van der Waals surface area contributed by atoms with Crippen LogP contribution in [0.5, 0.6) is 5.75 Å². The lowest BCUT2D eigenvalue weighted by molar-refractivity contribution is -0.140. The van der Waals surface area contributed by atoms with E-state index in [1.54, 1.807) is 13.0 Å². The number of nitrogens with zero attached hydrogens (tertiary/aromatic N) is 1. The summed E-state index contributed by atoms with van der Waals surface area (Å²) in [4.78, 5) is 25.3. The van der Waals surface area contributed by atoms with Gasteiger partial charge < -0.3 is 15.2 Å². The van der Waals surface area contributed by atoms with E-state index in [4.69, 9.17) is 9.84 Å². The Hall–Kier alpha value is -2.15. The van der Waals surface area contributed by atoms with Gasteiger partial charge >= 0.3 is 5.97 Å². The number of halogens is 1. The number of carboxylic acids is 1. The molecule has 2 aliphatic rings. The lowest BCUT2D eigenvalue weighted by Gasteiger charge is -2.43. The Morgan fingerprint density at radius 1 is 1.38 bits per heavy atom. The number of benzene rings is 1. The molecule has 2 saturated carbocycles. The molecule has 26 heavy (non-hydrogen) atoms. The molecule has 7 heteroatoms. The molecule has 2 N–H and O–H groups in total. The summed E-state index contributed by atoms with van der Waals surface area (Å²) in [6.07, 6.45) is 3.13. The van der Waals surface area contributed by atoms with Crippen LogP contribution in [0.1, 0.15) is 32.6 Å². The molecule has 0 aliphatic heterocycles. The molecule has 0 saturated heterocycles. The molecular formula is C19H25FN2O4. The molecule has 0 heterocycles. The first-order valence-electron chi connectivity index (χ1n) is 9.09. The lowest BCUT2D eigenvalue weighted by atomic mass is 9.85. The van der Waals surface area contributed by atoms with E-state index in [1.807, 2.05) is 4.90 Å². The van der Waals surface area contributed by atoms with E-state index in [0.717, 1.165) is 19.4 Å². The first-order valence-corrected chi connectivity index (χ1v) is 9.09. The Kier molecular flexibility index (Phi) is 5.76. The molecule has 6 nitrogen and oxygen atoms in total. The predicted molar refractivity (Wildman–Crippen MR) is 93.4 cm³/mol. The molecule has 2 aliphatic carbocycles. The van der Waals surface area contributed by atoms with Gasteiger partial charge in [-0.2, -0.15) is 0 Å². The Morgan fingerprint density at radius 3 is 2.73 bits per heavy atom. The Labute approximate surface area is 152 Å². The number of rotatable bonds is 9. The minimum atomic E-state index is -0.810. The summed E-state index contributed by atoms with van der Waals surface area (Å²) in [5.74, 6) is -0.523. The molecule has 0 spiro atoms. The van der Waals surface area contributed by atoms with E-state index < -0.39 is 17.9 Å². The maximum absolute atomic E-state index is 13.2. The van der Waals surface area contributed by atoms with Crippen molar-refractivity contribution in [1.82, 2.24) is 10.2 Å². The van der Waals surface area contributed by atoms with Crippen LogP contribution in [0, 0.1) is 11.7 Å². The normalized spacial score (nSPS) is 23.2. The topological polar surface area (TPSA) is 78.9 Å². The van der Waals surface area contributed by atoms with Gasteiger partial charge in [-0.3, -0.25) is 14.5 Å². The van der Waals surface area contributed by atoms with Crippen molar-refractivity contribution in [3.63, 3.8) is 0 Å². The first-order chi connectivity index (χ1) is 12.4. The number of hydrogen-bond donors (Lipinski definition) is 2. The molecule has 2 fully saturated rings. The summed E-state index contributed by atoms with van der Waals surface area (Å²) in [6, 6.07) is 5.93. The van der Waals surface area contributed by atoms with Gasteiger partial charge in [0.1, 0.15) is 11.6 Å². The van der Waals surface area contributed by atoms with Gasteiger partial charge in [0, 0.05) is 24.7 Å². The number of amides is 1. The SMILES string of the molecule is CC(Oc1cccc(F)c1)C(=O)NC1CC(N(CC(=O)O)CC2CC2)C1. The maximum Gasteiger partial charge on any atom is 0.317 e. The van der Waals surface area contributed by atoms with Gasteiger partial charge in [-0.05, 0) is 50.7 Å². The number of carbonyl (C=O) groups is 2. The van der Waals surface area contributed by atoms with Gasteiger partial charge in [-0.25, -0.2) is 4.39 Å². The van der Waals surface area contributed by atoms with Crippen molar-refractivity contribution in [3.8, 4) is 5.75 Å². The molecule has 0 bridgehead atoms. The van der Waals surface area contributed by atoms with E-state index in [1.165, 1.54) is 31.0 Å². The third-order valence-electron chi connectivity index (χ3n) is 4.98. The van der Waals surface area contributed by atoms with E-state index in [0.29, 0.717) is 11.7 Å². The molecular weight excluding hydrogens is 339 g/mol. The number of carbonyl (C=O) groups excluding carboxylic acids is 1. The summed E-state index contributed by atoms with van der Waals surface area (Å²) in [7, 11) is 0. The van der Waals surface area contributed by atoms with Crippen LogP contribution >= 0.6 is 0 Å². The van der Waals surface area contributed by atoms with Crippen molar-refractivity contribution < 1.29 is 23.8 Å². The standard InChI is InChI=1S/C19H25FN2O4/c1-12(26-17-4-2-3-14(20)7-17)19(25)21-15-8-16(9-15)22(11-18(23)24)10-13-5-6-13/h2-4,7,12-13,15-16H,5-6,8-11H2,1H3,(H,21,25)(H,23,24).